The van der Waals surface area contributed by atoms with E-state index in [9.17, 15) is 14.0 Å². The molecular weight excluding hydrogens is 415 g/mol. The molecule has 0 bridgehead atoms. The molecule has 0 radical (unpaired) electrons. The molecule has 1 N–H and O–H groups in total. The number of hydrogen-bond donors (Lipinski definition) is 1. The van der Waals surface area contributed by atoms with Crippen LogP contribution in [0.15, 0.2) is 66.4 Å². The van der Waals surface area contributed by atoms with E-state index in [1.807, 2.05) is 45.0 Å². The van der Waals surface area contributed by atoms with Gasteiger partial charge in [-0.25, -0.2) is 9.29 Å². The number of carbonyl (C=O) groups is 2. The number of nitrogens with zero attached hydrogens (tertiary/aromatic N) is 1. The molecule has 6 heteroatoms. The van der Waals surface area contributed by atoms with Gasteiger partial charge in [0.2, 0.25) is 0 Å². The average molecular weight is 435 g/mol. The van der Waals surface area contributed by atoms with E-state index in [0.717, 1.165) is 21.6 Å². The molecule has 3 aromatic rings. The van der Waals surface area contributed by atoms with Gasteiger partial charge in [0.1, 0.15) is 11.5 Å². The van der Waals surface area contributed by atoms with Crippen molar-refractivity contribution in [3.05, 3.63) is 99.5 Å². The number of hydrogen-bond acceptors (Lipinski definition) is 3. The van der Waals surface area contributed by atoms with Gasteiger partial charge < -0.3 is 5.32 Å². The molecule has 0 saturated heterocycles. The highest BCUT2D eigenvalue weighted by atomic mass is 35.5. The summed E-state index contributed by atoms with van der Waals surface area (Å²) in [6.45, 7) is 5.74. The van der Waals surface area contributed by atoms with Gasteiger partial charge in [-0.1, -0.05) is 41.4 Å². The third kappa shape index (κ3) is 3.84. The van der Waals surface area contributed by atoms with Crippen molar-refractivity contribution in [1.29, 1.82) is 0 Å². The first kappa shape index (κ1) is 20.8. The topological polar surface area (TPSA) is 49.4 Å². The number of anilines is 2. The largest absolute Gasteiger partial charge is 0.350 e. The Bertz CT molecular complexity index is 1250. The zero-order valence-electron chi connectivity index (χ0n) is 17.3. The predicted molar refractivity (Wildman–Crippen MR) is 122 cm³/mol. The summed E-state index contributed by atoms with van der Waals surface area (Å²) in [7, 11) is 0. The molecular formula is C25H20ClFN2O2. The van der Waals surface area contributed by atoms with E-state index in [2.05, 4.69) is 5.32 Å². The summed E-state index contributed by atoms with van der Waals surface area (Å²) in [5.41, 5.74) is 4.80. The molecule has 0 aliphatic carbocycles. The van der Waals surface area contributed by atoms with E-state index in [0.29, 0.717) is 22.0 Å². The monoisotopic (exact) mass is 434 g/mol. The van der Waals surface area contributed by atoms with E-state index in [1.54, 1.807) is 12.1 Å². The van der Waals surface area contributed by atoms with Gasteiger partial charge in [0, 0.05) is 10.7 Å². The summed E-state index contributed by atoms with van der Waals surface area (Å²) >= 11 is 6.25. The SMILES string of the molecule is Cc1ccc(C2=C(Nc3ccc(C)c(Cl)c3)C(=O)N(c3ccc(F)cc3)C2=O)c(C)c1. The number of carbonyl (C=O) groups excluding carboxylic acids is 2. The van der Waals surface area contributed by atoms with Gasteiger partial charge in [-0.15, -0.1) is 0 Å². The number of aryl methyl sites for hydroxylation is 3. The smallest absolute Gasteiger partial charge is 0.282 e. The lowest BCUT2D eigenvalue weighted by Gasteiger charge is -2.15. The molecule has 0 aromatic heterocycles. The Morgan fingerprint density at radius 3 is 2.19 bits per heavy atom. The van der Waals surface area contributed by atoms with Crippen LogP contribution < -0.4 is 10.2 Å². The summed E-state index contributed by atoms with van der Waals surface area (Å²) in [5, 5.41) is 3.65. The summed E-state index contributed by atoms with van der Waals surface area (Å²) in [4.78, 5) is 27.9. The van der Waals surface area contributed by atoms with Crippen LogP contribution in [0.4, 0.5) is 15.8 Å². The Morgan fingerprint density at radius 1 is 0.839 bits per heavy atom. The molecule has 2 amide bonds. The summed E-state index contributed by atoms with van der Waals surface area (Å²) in [6, 6.07) is 16.3. The van der Waals surface area contributed by atoms with Gasteiger partial charge >= 0.3 is 0 Å². The Hall–Kier alpha value is -3.44. The highest BCUT2D eigenvalue weighted by Crippen LogP contribution is 2.35. The van der Waals surface area contributed by atoms with Gasteiger partial charge in [0.05, 0.1) is 11.3 Å². The molecule has 0 spiro atoms. The van der Waals surface area contributed by atoms with E-state index < -0.39 is 17.6 Å². The second kappa shape index (κ2) is 8.00. The summed E-state index contributed by atoms with van der Waals surface area (Å²) in [6.07, 6.45) is 0. The zero-order chi connectivity index (χ0) is 22.3. The first-order chi connectivity index (χ1) is 14.8. The molecule has 156 valence electrons. The molecule has 31 heavy (non-hydrogen) atoms. The number of benzene rings is 3. The van der Waals surface area contributed by atoms with E-state index in [-0.39, 0.29) is 11.3 Å². The molecule has 1 aliphatic heterocycles. The molecule has 4 nitrogen and oxygen atoms in total. The summed E-state index contributed by atoms with van der Waals surface area (Å²) < 4.78 is 13.4. The highest BCUT2D eigenvalue weighted by molar-refractivity contribution is 6.46. The van der Waals surface area contributed by atoms with Crippen molar-refractivity contribution in [2.45, 2.75) is 20.8 Å². The molecule has 4 rings (SSSR count). The number of rotatable bonds is 4. The number of halogens is 2. The Kier molecular flexibility index (Phi) is 5.38. The van der Waals surface area contributed by atoms with Crippen LogP contribution in [0, 0.1) is 26.6 Å². The third-order valence-corrected chi connectivity index (χ3v) is 5.67. The molecule has 1 heterocycles. The fourth-order valence-electron chi connectivity index (χ4n) is 3.63. The fourth-order valence-corrected chi connectivity index (χ4v) is 3.81. The minimum atomic E-state index is -0.511. The number of nitrogens with one attached hydrogen (secondary N) is 1. The van der Waals surface area contributed by atoms with Gasteiger partial charge in [-0.05, 0) is 73.9 Å². The van der Waals surface area contributed by atoms with Gasteiger partial charge in [0.15, 0.2) is 0 Å². The Labute approximate surface area is 185 Å². The highest BCUT2D eigenvalue weighted by Gasteiger charge is 2.40. The number of amides is 2. The van der Waals surface area contributed by atoms with Crippen LogP contribution in [-0.4, -0.2) is 11.8 Å². The third-order valence-electron chi connectivity index (χ3n) is 5.26. The van der Waals surface area contributed by atoms with Gasteiger partial charge in [-0.3, -0.25) is 9.59 Å². The molecule has 0 fully saturated rings. The minimum absolute atomic E-state index is 0.154. The van der Waals surface area contributed by atoms with E-state index in [1.165, 1.54) is 24.3 Å². The maximum Gasteiger partial charge on any atom is 0.282 e. The quantitative estimate of drug-likeness (QED) is 0.528. The van der Waals surface area contributed by atoms with Crippen molar-refractivity contribution in [1.82, 2.24) is 0 Å². The van der Waals surface area contributed by atoms with Crippen molar-refractivity contribution >= 4 is 40.4 Å². The lowest BCUT2D eigenvalue weighted by Crippen LogP contribution is -2.32. The van der Waals surface area contributed by atoms with Crippen molar-refractivity contribution in [2.75, 3.05) is 10.2 Å². The van der Waals surface area contributed by atoms with Crippen LogP contribution >= 0.6 is 11.6 Å². The second-order valence-corrected chi connectivity index (χ2v) is 7.99. The molecule has 0 unspecified atom stereocenters. The van der Waals surface area contributed by atoms with Crippen molar-refractivity contribution in [3.63, 3.8) is 0 Å². The lowest BCUT2D eigenvalue weighted by molar-refractivity contribution is -0.120. The van der Waals surface area contributed by atoms with Crippen molar-refractivity contribution in [2.24, 2.45) is 0 Å². The van der Waals surface area contributed by atoms with Crippen LogP contribution in [0.1, 0.15) is 22.3 Å². The second-order valence-electron chi connectivity index (χ2n) is 7.58. The van der Waals surface area contributed by atoms with Crippen LogP contribution in [0.25, 0.3) is 5.57 Å². The molecule has 0 saturated carbocycles. The fraction of sp³-hybridized carbons (Fsp3) is 0.120. The first-order valence-electron chi connectivity index (χ1n) is 9.75. The molecule has 0 atom stereocenters. The average Bonchev–Trinajstić information content (AvgIpc) is 2.96. The van der Waals surface area contributed by atoms with Crippen LogP contribution in [0.5, 0.6) is 0 Å². The first-order valence-corrected chi connectivity index (χ1v) is 10.1. The van der Waals surface area contributed by atoms with Crippen molar-refractivity contribution < 1.29 is 14.0 Å². The summed E-state index contributed by atoms with van der Waals surface area (Å²) in [5.74, 6) is -1.43. The molecule has 3 aromatic carbocycles. The zero-order valence-corrected chi connectivity index (χ0v) is 18.0. The van der Waals surface area contributed by atoms with Crippen LogP contribution in [0.3, 0.4) is 0 Å². The van der Waals surface area contributed by atoms with Crippen LogP contribution in [-0.2, 0) is 9.59 Å². The van der Waals surface area contributed by atoms with Crippen LogP contribution in [0.2, 0.25) is 5.02 Å². The van der Waals surface area contributed by atoms with Crippen molar-refractivity contribution in [3.8, 4) is 0 Å². The lowest BCUT2D eigenvalue weighted by atomic mass is 9.97. The maximum atomic E-state index is 13.4. The van der Waals surface area contributed by atoms with E-state index >= 15 is 0 Å². The Morgan fingerprint density at radius 2 is 1.55 bits per heavy atom. The molecule has 1 aliphatic rings. The van der Waals surface area contributed by atoms with Gasteiger partial charge in [0.25, 0.3) is 11.8 Å². The standard InChI is InChI=1S/C25H20ClFN2O2/c1-14-4-11-20(16(3)12-14)22-23(28-18-8-5-15(2)21(26)13-18)25(31)29(24(22)30)19-9-6-17(27)7-10-19/h4-13,28H,1-3H3. The Balaban J connectivity index is 1.85. The predicted octanol–water partition coefficient (Wildman–Crippen LogP) is 5.80. The maximum absolute atomic E-state index is 13.4. The number of imide groups is 1. The minimum Gasteiger partial charge on any atom is -0.350 e. The van der Waals surface area contributed by atoms with E-state index in [4.69, 9.17) is 11.6 Å². The van der Waals surface area contributed by atoms with Gasteiger partial charge in [-0.2, -0.15) is 0 Å². The normalized spacial score (nSPS) is 13.9.